The van der Waals surface area contributed by atoms with Crippen molar-refractivity contribution in [1.29, 1.82) is 0 Å². The number of pyridine rings is 1. The van der Waals surface area contributed by atoms with Gasteiger partial charge in [-0.15, -0.1) is 0 Å². The maximum Gasteiger partial charge on any atom is 0.273 e. The lowest BCUT2D eigenvalue weighted by Crippen LogP contribution is -2.32. The number of fused-ring (bicyclic) bond motifs is 1. The van der Waals surface area contributed by atoms with Crippen molar-refractivity contribution < 1.29 is 9.42 Å². The van der Waals surface area contributed by atoms with Crippen molar-refractivity contribution in [2.75, 3.05) is 6.54 Å². The van der Waals surface area contributed by atoms with Crippen LogP contribution in [0.2, 0.25) is 0 Å². The molecule has 0 spiro atoms. The highest BCUT2D eigenvalue weighted by molar-refractivity contribution is 5.95. The molecule has 0 unspecified atom stereocenters. The van der Waals surface area contributed by atoms with Gasteiger partial charge in [0.1, 0.15) is 22.7 Å². The Hall–Kier alpha value is -2.70. The van der Waals surface area contributed by atoms with Gasteiger partial charge >= 0.3 is 0 Å². The third kappa shape index (κ3) is 2.19. The highest BCUT2D eigenvalue weighted by atomic mass is 16.6. The fourth-order valence-electron chi connectivity index (χ4n) is 3.50. The van der Waals surface area contributed by atoms with Crippen LogP contribution in [-0.2, 0) is 0 Å². The third-order valence-electron chi connectivity index (χ3n) is 4.66. The normalized spacial score (nSPS) is 17.8. The number of likely N-dealkylation sites (tertiary alicyclic amines) is 1. The molecule has 1 atom stereocenters. The molecule has 0 bridgehead atoms. The number of aryl methyl sites for hydroxylation is 3. The smallest absolute Gasteiger partial charge is 0.273 e. The molecule has 7 nitrogen and oxygen atoms in total. The van der Waals surface area contributed by atoms with Gasteiger partial charge in [0, 0.05) is 12.7 Å². The van der Waals surface area contributed by atoms with E-state index in [-0.39, 0.29) is 11.9 Å². The van der Waals surface area contributed by atoms with Gasteiger partial charge in [-0.2, -0.15) is 0 Å². The first-order valence-corrected chi connectivity index (χ1v) is 8.11. The van der Waals surface area contributed by atoms with E-state index < -0.39 is 0 Å². The van der Waals surface area contributed by atoms with Gasteiger partial charge in [0.05, 0.1) is 11.7 Å². The van der Waals surface area contributed by atoms with Gasteiger partial charge in [-0.3, -0.25) is 9.20 Å². The minimum Gasteiger partial charge on any atom is -0.328 e. The van der Waals surface area contributed by atoms with Gasteiger partial charge in [0.25, 0.3) is 5.91 Å². The lowest BCUT2D eigenvalue weighted by atomic mass is 10.1. The van der Waals surface area contributed by atoms with Crippen LogP contribution < -0.4 is 0 Å². The van der Waals surface area contributed by atoms with Crippen molar-refractivity contribution in [3.63, 3.8) is 0 Å². The zero-order valence-electron chi connectivity index (χ0n) is 14.0. The number of nitrogens with zero attached hydrogens (tertiary/aromatic N) is 5. The molecule has 0 radical (unpaired) electrons. The fourth-order valence-corrected chi connectivity index (χ4v) is 3.50. The molecule has 0 aliphatic carbocycles. The van der Waals surface area contributed by atoms with Crippen LogP contribution >= 0.6 is 0 Å². The standard InChI is InChI=1S/C17H19N5O2/c1-10-6-7-14-18-12(3)16(22(14)9-10)17(23)21-8-4-5-13(21)15-11(2)19-24-20-15/h6-7,9,13H,4-5,8H2,1-3H3/t13-/m1/s1. The van der Waals surface area contributed by atoms with Gasteiger partial charge in [-0.1, -0.05) is 16.4 Å². The largest absolute Gasteiger partial charge is 0.328 e. The van der Waals surface area contributed by atoms with Gasteiger partial charge in [-0.05, 0) is 45.2 Å². The SMILES string of the molecule is Cc1ccc2nc(C)c(C(=O)N3CCC[C@@H]3c3nonc3C)n2c1. The zero-order valence-corrected chi connectivity index (χ0v) is 14.0. The summed E-state index contributed by atoms with van der Waals surface area (Å²) in [5, 5.41) is 7.86. The molecule has 1 saturated heterocycles. The Labute approximate surface area is 139 Å². The Morgan fingerprint density at radius 3 is 2.79 bits per heavy atom. The maximum absolute atomic E-state index is 13.3. The second kappa shape index (κ2) is 5.43. The van der Waals surface area contributed by atoms with Crippen LogP contribution in [0.15, 0.2) is 23.0 Å². The van der Waals surface area contributed by atoms with E-state index in [4.69, 9.17) is 4.63 Å². The van der Waals surface area contributed by atoms with Crippen molar-refractivity contribution >= 4 is 11.6 Å². The molecule has 4 heterocycles. The van der Waals surface area contributed by atoms with E-state index in [0.717, 1.165) is 41.1 Å². The lowest BCUT2D eigenvalue weighted by molar-refractivity contribution is 0.0722. The minimum atomic E-state index is -0.0847. The second-order valence-electron chi connectivity index (χ2n) is 6.37. The Balaban J connectivity index is 1.77. The number of hydrogen-bond acceptors (Lipinski definition) is 5. The van der Waals surface area contributed by atoms with Crippen molar-refractivity contribution in [2.24, 2.45) is 0 Å². The summed E-state index contributed by atoms with van der Waals surface area (Å²) >= 11 is 0. The first-order valence-electron chi connectivity index (χ1n) is 8.11. The van der Waals surface area contributed by atoms with E-state index in [0.29, 0.717) is 12.2 Å². The highest BCUT2D eigenvalue weighted by Gasteiger charge is 2.35. The molecule has 0 saturated carbocycles. The topological polar surface area (TPSA) is 76.5 Å². The Bertz CT molecular complexity index is 926. The molecule has 1 aliphatic rings. The van der Waals surface area contributed by atoms with E-state index in [1.807, 2.05) is 48.4 Å². The maximum atomic E-state index is 13.3. The Morgan fingerprint density at radius 1 is 1.21 bits per heavy atom. The summed E-state index contributed by atoms with van der Waals surface area (Å²) in [6.07, 6.45) is 3.77. The molecule has 3 aromatic rings. The summed E-state index contributed by atoms with van der Waals surface area (Å²) in [6.45, 7) is 6.44. The summed E-state index contributed by atoms with van der Waals surface area (Å²) in [5.41, 5.74) is 4.73. The van der Waals surface area contributed by atoms with Gasteiger partial charge in [0.15, 0.2) is 0 Å². The van der Waals surface area contributed by atoms with Crippen LogP contribution in [0.1, 0.15) is 52.0 Å². The molecule has 0 aromatic carbocycles. The quantitative estimate of drug-likeness (QED) is 0.724. The van der Waals surface area contributed by atoms with Crippen LogP contribution in [0, 0.1) is 20.8 Å². The van der Waals surface area contributed by atoms with Crippen molar-refractivity contribution in [3.8, 4) is 0 Å². The van der Waals surface area contributed by atoms with Crippen LogP contribution in [0.5, 0.6) is 0 Å². The number of carbonyl (C=O) groups excluding carboxylic acids is 1. The zero-order chi connectivity index (χ0) is 16.8. The van der Waals surface area contributed by atoms with E-state index in [2.05, 4.69) is 15.3 Å². The molecule has 3 aromatic heterocycles. The molecule has 124 valence electrons. The Kier molecular flexibility index (Phi) is 3.37. The second-order valence-corrected chi connectivity index (χ2v) is 6.37. The Morgan fingerprint density at radius 2 is 2.04 bits per heavy atom. The number of amides is 1. The van der Waals surface area contributed by atoms with Crippen LogP contribution in [-0.4, -0.2) is 37.0 Å². The van der Waals surface area contributed by atoms with E-state index >= 15 is 0 Å². The van der Waals surface area contributed by atoms with Gasteiger partial charge < -0.3 is 4.90 Å². The molecule has 24 heavy (non-hydrogen) atoms. The van der Waals surface area contributed by atoms with E-state index in [1.165, 1.54) is 0 Å². The van der Waals surface area contributed by atoms with Crippen LogP contribution in [0.4, 0.5) is 0 Å². The molecule has 0 N–H and O–H groups in total. The number of carbonyl (C=O) groups is 1. The molecule has 1 amide bonds. The molecule has 7 heteroatoms. The van der Waals surface area contributed by atoms with Crippen molar-refractivity contribution in [2.45, 2.75) is 39.7 Å². The van der Waals surface area contributed by atoms with Gasteiger partial charge in [0.2, 0.25) is 0 Å². The highest BCUT2D eigenvalue weighted by Crippen LogP contribution is 2.33. The average molecular weight is 325 g/mol. The fraction of sp³-hybridized carbons (Fsp3) is 0.412. The van der Waals surface area contributed by atoms with Crippen LogP contribution in [0.3, 0.4) is 0 Å². The molecule has 4 rings (SSSR count). The molecule has 1 aliphatic heterocycles. The van der Waals surface area contributed by atoms with Crippen LogP contribution in [0.25, 0.3) is 5.65 Å². The number of aromatic nitrogens is 4. The molecular weight excluding hydrogens is 306 g/mol. The van der Waals surface area contributed by atoms with Gasteiger partial charge in [-0.25, -0.2) is 9.61 Å². The number of imidazole rings is 1. The summed E-state index contributed by atoms with van der Waals surface area (Å²) < 4.78 is 6.72. The van der Waals surface area contributed by atoms with Crippen molar-refractivity contribution in [1.82, 2.24) is 24.6 Å². The first kappa shape index (κ1) is 14.9. The average Bonchev–Trinajstić information content (AvgIpc) is 3.24. The summed E-state index contributed by atoms with van der Waals surface area (Å²) in [4.78, 5) is 19.6. The van der Waals surface area contributed by atoms with E-state index in [1.54, 1.807) is 0 Å². The number of hydrogen-bond donors (Lipinski definition) is 0. The van der Waals surface area contributed by atoms with Crippen molar-refractivity contribution in [3.05, 3.63) is 46.7 Å². The number of rotatable bonds is 2. The monoisotopic (exact) mass is 325 g/mol. The first-order chi connectivity index (χ1) is 11.6. The predicted octanol–water partition coefficient (Wildman–Crippen LogP) is 2.62. The molecule has 1 fully saturated rings. The summed E-state index contributed by atoms with van der Waals surface area (Å²) in [7, 11) is 0. The lowest BCUT2D eigenvalue weighted by Gasteiger charge is -2.23. The summed E-state index contributed by atoms with van der Waals surface area (Å²) in [6, 6.07) is 3.85. The summed E-state index contributed by atoms with van der Waals surface area (Å²) in [5.74, 6) is -0.0181. The molecular formula is C17H19N5O2. The minimum absolute atomic E-state index is 0.0181. The third-order valence-corrected chi connectivity index (χ3v) is 4.66. The predicted molar refractivity (Wildman–Crippen MR) is 86.7 cm³/mol. The van der Waals surface area contributed by atoms with E-state index in [9.17, 15) is 4.79 Å².